The van der Waals surface area contributed by atoms with Crippen LogP contribution in [0.4, 0.5) is 0 Å². The number of carbonyl (C=O) groups is 1. The Morgan fingerprint density at radius 2 is 2.17 bits per heavy atom. The molecule has 0 bridgehead atoms. The molecule has 0 atom stereocenters. The van der Waals surface area contributed by atoms with E-state index < -0.39 is 0 Å². The third-order valence-corrected chi connectivity index (χ3v) is 1.49. The van der Waals surface area contributed by atoms with Gasteiger partial charge >= 0.3 is 0 Å². The van der Waals surface area contributed by atoms with Crippen molar-refractivity contribution < 1.29 is 9.90 Å². The van der Waals surface area contributed by atoms with E-state index in [1.54, 1.807) is 24.6 Å². The molecule has 0 unspecified atom stereocenters. The maximum Gasteiger partial charge on any atom is 0.153 e. The predicted molar refractivity (Wildman–Crippen MR) is 47.1 cm³/mol. The van der Waals surface area contributed by atoms with E-state index in [1.807, 2.05) is 0 Å². The average molecular weight is 161 g/mol. The number of hydrogen-bond acceptors (Lipinski definition) is 2. The number of phenols is 1. The van der Waals surface area contributed by atoms with Gasteiger partial charge in [-0.2, -0.15) is 0 Å². The van der Waals surface area contributed by atoms with Crippen LogP contribution in [0, 0.1) is 6.42 Å². The summed E-state index contributed by atoms with van der Waals surface area (Å²) in [6.07, 6.45) is 4.00. The molecule has 0 saturated carbocycles. The highest BCUT2D eigenvalue weighted by Crippen LogP contribution is 2.17. The molecule has 2 heteroatoms. The fourth-order valence-electron chi connectivity index (χ4n) is 0.907. The molecule has 61 valence electrons. The molecule has 0 heterocycles. The van der Waals surface area contributed by atoms with Gasteiger partial charge in [0.05, 0.1) is 5.56 Å². The fraction of sp³-hybridized carbons (Fsp3) is 0. The summed E-state index contributed by atoms with van der Waals surface area (Å²) < 4.78 is 0. The van der Waals surface area contributed by atoms with E-state index in [2.05, 4.69) is 6.58 Å². The molecule has 1 aromatic rings. The second-order valence-corrected chi connectivity index (χ2v) is 2.34. The van der Waals surface area contributed by atoms with Gasteiger partial charge in [-0.1, -0.05) is 12.1 Å². The van der Waals surface area contributed by atoms with Crippen molar-refractivity contribution in [2.45, 2.75) is 0 Å². The fourth-order valence-corrected chi connectivity index (χ4v) is 0.907. The monoisotopic (exact) mass is 161 g/mol. The van der Waals surface area contributed by atoms with E-state index in [4.69, 9.17) is 5.11 Å². The number of phenolic OH excluding ortho intramolecular Hbond substituents is 1. The van der Waals surface area contributed by atoms with Crippen molar-refractivity contribution in [2.24, 2.45) is 0 Å². The normalized spacial score (nSPS) is 9.33. The van der Waals surface area contributed by atoms with Gasteiger partial charge in [-0.15, -0.1) is 6.58 Å². The predicted octanol–water partition coefficient (Wildman–Crippen LogP) is 1.94. The first-order valence-electron chi connectivity index (χ1n) is 3.52. The lowest BCUT2D eigenvalue weighted by atomic mass is 10.1. The zero-order valence-electron chi connectivity index (χ0n) is 6.53. The largest absolute Gasteiger partial charge is 0.507 e. The summed E-state index contributed by atoms with van der Waals surface area (Å²) >= 11 is 0. The van der Waals surface area contributed by atoms with Crippen molar-refractivity contribution in [3.8, 4) is 5.75 Å². The molecule has 0 spiro atoms. The molecule has 0 aromatic heterocycles. The van der Waals surface area contributed by atoms with Crippen LogP contribution >= 0.6 is 0 Å². The topological polar surface area (TPSA) is 37.3 Å². The van der Waals surface area contributed by atoms with Gasteiger partial charge in [-0.3, -0.25) is 4.79 Å². The molecular weight excluding hydrogens is 152 g/mol. The minimum absolute atomic E-state index is 0.00575. The van der Waals surface area contributed by atoms with Gasteiger partial charge in [0.1, 0.15) is 5.75 Å². The van der Waals surface area contributed by atoms with Crippen LogP contribution in [-0.4, -0.2) is 11.4 Å². The second-order valence-electron chi connectivity index (χ2n) is 2.34. The van der Waals surface area contributed by atoms with E-state index in [-0.39, 0.29) is 5.75 Å². The number of carbonyl (C=O) groups excluding carboxylic acids is 1. The molecule has 2 nitrogen and oxygen atoms in total. The Balaban J connectivity index is 3.04. The lowest BCUT2D eigenvalue weighted by Crippen LogP contribution is -1.84. The summed E-state index contributed by atoms with van der Waals surface area (Å²) in [7, 11) is 0. The van der Waals surface area contributed by atoms with Gasteiger partial charge in [0.15, 0.2) is 6.29 Å². The van der Waals surface area contributed by atoms with Crippen molar-refractivity contribution >= 4 is 6.29 Å². The zero-order chi connectivity index (χ0) is 8.97. The molecule has 0 saturated heterocycles. The van der Waals surface area contributed by atoms with Crippen molar-refractivity contribution in [3.63, 3.8) is 0 Å². The van der Waals surface area contributed by atoms with Crippen LogP contribution in [0.2, 0.25) is 0 Å². The van der Waals surface area contributed by atoms with Crippen LogP contribution in [0.25, 0.3) is 0 Å². The maximum atomic E-state index is 10.4. The molecule has 1 radical (unpaired) electrons. The highest BCUT2D eigenvalue weighted by Gasteiger charge is 1.99. The molecule has 1 aromatic carbocycles. The Morgan fingerprint density at radius 3 is 2.75 bits per heavy atom. The van der Waals surface area contributed by atoms with Crippen LogP contribution in [0.15, 0.2) is 30.9 Å². The van der Waals surface area contributed by atoms with Crippen LogP contribution in [0.3, 0.4) is 0 Å². The minimum atomic E-state index is 0.00575. The number of benzene rings is 1. The second kappa shape index (κ2) is 3.72. The third kappa shape index (κ3) is 1.72. The number of hydrogen-bond donors (Lipinski definition) is 1. The van der Waals surface area contributed by atoms with E-state index >= 15 is 0 Å². The first-order chi connectivity index (χ1) is 5.77. The average Bonchev–Trinajstić information content (AvgIpc) is 2.09. The SMILES string of the molecule is C=C[CH]c1ccc(O)c(C=O)c1. The van der Waals surface area contributed by atoms with Gasteiger partial charge < -0.3 is 5.11 Å². The van der Waals surface area contributed by atoms with Crippen LogP contribution in [0.1, 0.15) is 15.9 Å². The number of allylic oxidation sites excluding steroid dienone is 1. The molecule has 1 rings (SSSR count). The van der Waals surface area contributed by atoms with Gasteiger partial charge in [-0.05, 0) is 17.7 Å². The number of rotatable bonds is 3. The zero-order valence-corrected chi connectivity index (χ0v) is 6.53. The number of aromatic hydroxyl groups is 1. The van der Waals surface area contributed by atoms with Gasteiger partial charge in [0.2, 0.25) is 0 Å². The molecular formula is C10H9O2. The summed E-state index contributed by atoms with van der Waals surface area (Å²) in [5.74, 6) is 0.00575. The van der Waals surface area contributed by atoms with E-state index in [9.17, 15) is 4.79 Å². The third-order valence-electron chi connectivity index (χ3n) is 1.49. The Bertz CT molecular complexity index is 303. The summed E-state index contributed by atoms with van der Waals surface area (Å²) in [6.45, 7) is 3.53. The quantitative estimate of drug-likeness (QED) is 0.688. The molecule has 0 aliphatic carbocycles. The summed E-state index contributed by atoms with van der Waals surface area (Å²) in [5.41, 5.74) is 1.15. The Kier molecular flexibility index (Phi) is 2.64. The summed E-state index contributed by atoms with van der Waals surface area (Å²) in [6, 6.07) is 4.80. The van der Waals surface area contributed by atoms with Crippen molar-refractivity contribution in [1.29, 1.82) is 0 Å². The van der Waals surface area contributed by atoms with Crippen molar-refractivity contribution in [2.75, 3.05) is 0 Å². The molecule has 12 heavy (non-hydrogen) atoms. The van der Waals surface area contributed by atoms with Crippen molar-refractivity contribution in [1.82, 2.24) is 0 Å². The van der Waals surface area contributed by atoms with Crippen LogP contribution in [0.5, 0.6) is 5.75 Å². The highest BCUT2D eigenvalue weighted by atomic mass is 16.3. The van der Waals surface area contributed by atoms with E-state index in [0.29, 0.717) is 11.8 Å². The first-order valence-corrected chi connectivity index (χ1v) is 3.52. The van der Waals surface area contributed by atoms with E-state index in [1.165, 1.54) is 6.07 Å². The lowest BCUT2D eigenvalue weighted by molar-refractivity contribution is 0.112. The smallest absolute Gasteiger partial charge is 0.153 e. The molecule has 0 aliphatic heterocycles. The molecule has 0 aliphatic rings. The molecule has 0 fully saturated rings. The Labute approximate surface area is 71.2 Å². The maximum absolute atomic E-state index is 10.4. The summed E-state index contributed by atoms with van der Waals surface area (Å²) in [4.78, 5) is 10.4. The Hall–Kier alpha value is -1.57. The summed E-state index contributed by atoms with van der Waals surface area (Å²) in [5, 5.41) is 9.13. The van der Waals surface area contributed by atoms with E-state index in [0.717, 1.165) is 5.56 Å². The van der Waals surface area contributed by atoms with Crippen LogP contribution in [-0.2, 0) is 0 Å². The number of aldehydes is 1. The first kappa shape index (κ1) is 8.53. The minimum Gasteiger partial charge on any atom is -0.507 e. The standard InChI is InChI=1S/C10H9O2/c1-2-3-8-4-5-10(12)9(6-8)7-11/h2-7,12H,1H2. The van der Waals surface area contributed by atoms with Gasteiger partial charge in [-0.25, -0.2) is 0 Å². The Morgan fingerprint density at radius 1 is 1.42 bits per heavy atom. The molecule has 0 amide bonds. The van der Waals surface area contributed by atoms with Crippen LogP contribution < -0.4 is 0 Å². The van der Waals surface area contributed by atoms with Crippen molar-refractivity contribution in [3.05, 3.63) is 48.4 Å². The highest BCUT2D eigenvalue weighted by molar-refractivity contribution is 5.79. The lowest BCUT2D eigenvalue weighted by Gasteiger charge is -1.99. The van der Waals surface area contributed by atoms with Gasteiger partial charge in [0.25, 0.3) is 0 Å². The van der Waals surface area contributed by atoms with Gasteiger partial charge in [0, 0.05) is 6.42 Å². The molecule has 1 N–H and O–H groups in total.